The van der Waals surface area contributed by atoms with Crippen molar-refractivity contribution in [1.82, 2.24) is 19.5 Å². The van der Waals surface area contributed by atoms with Crippen molar-refractivity contribution >= 4 is 75.3 Å². The van der Waals surface area contributed by atoms with Gasteiger partial charge in [-0.1, -0.05) is 133 Å². The zero-order valence-electron chi connectivity index (χ0n) is 30.4. The molecule has 5 nitrogen and oxygen atoms in total. The van der Waals surface area contributed by atoms with E-state index in [2.05, 4.69) is 156 Å². The first kappa shape index (κ1) is 31.9. The largest absolute Gasteiger partial charge is 0.456 e. The third-order valence-corrected chi connectivity index (χ3v) is 12.2. The summed E-state index contributed by atoms with van der Waals surface area (Å²) in [4.78, 5) is 15.7. The van der Waals surface area contributed by atoms with E-state index in [1.54, 1.807) is 11.3 Å². The Labute approximate surface area is 330 Å². The first-order valence-electron chi connectivity index (χ1n) is 19.0. The van der Waals surface area contributed by atoms with Crippen LogP contribution in [0.2, 0.25) is 0 Å². The standard InChI is InChI=1S/C51H30N4OS/c1-3-13-31(14-4-1)33-25-27-37-46(29-33)57-45-24-12-20-39(48(37)45)51-53-49(32-15-5-2-6-16-32)52-50(54-51)38-19-11-23-44-47(38)40-30-34(26-28-43(40)56-44)55-41-21-9-7-17-35(41)36-18-8-10-22-42(36)55/h1-30H. The Morgan fingerprint density at radius 2 is 1.02 bits per heavy atom. The minimum absolute atomic E-state index is 0.595. The fourth-order valence-electron chi connectivity index (χ4n) is 8.50. The van der Waals surface area contributed by atoms with E-state index in [1.807, 2.05) is 30.3 Å². The predicted molar refractivity (Wildman–Crippen MR) is 236 cm³/mol. The maximum Gasteiger partial charge on any atom is 0.164 e. The van der Waals surface area contributed by atoms with Gasteiger partial charge in [0.1, 0.15) is 11.2 Å². The van der Waals surface area contributed by atoms with E-state index >= 15 is 0 Å². The van der Waals surface area contributed by atoms with E-state index in [0.717, 1.165) is 60.7 Å². The second-order valence-corrected chi connectivity index (χ2v) is 15.4. The van der Waals surface area contributed by atoms with Crippen LogP contribution in [0.4, 0.5) is 0 Å². The number of nitrogens with zero attached hydrogens (tertiary/aromatic N) is 4. The Morgan fingerprint density at radius 1 is 0.386 bits per heavy atom. The van der Waals surface area contributed by atoms with Gasteiger partial charge >= 0.3 is 0 Å². The number of thiophene rings is 1. The molecule has 4 heterocycles. The van der Waals surface area contributed by atoms with Crippen molar-refractivity contribution in [3.8, 4) is 51.0 Å². The highest BCUT2D eigenvalue weighted by Gasteiger charge is 2.21. The molecule has 0 aliphatic carbocycles. The molecule has 266 valence electrons. The number of hydrogen-bond acceptors (Lipinski definition) is 5. The average Bonchev–Trinajstić information content (AvgIpc) is 3.96. The predicted octanol–water partition coefficient (Wildman–Crippen LogP) is 13.9. The van der Waals surface area contributed by atoms with Crippen LogP contribution >= 0.6 is 11.3 Å². The number of benzene rings is 8. The monoisotopic (exact) mass is 746 g/mol. The average molecular weight is 747 g/mol. The lowest BCUT2D eigenvalue weighted by Gasteiger charge is -2.11. The lowest BCUT2D eigenvalue weighted by atomic mass is 10.0. The van der Waals surface area contributed by atoms with Crippen LogP contribution in [-0.4, -0.2) is 19.5 Å². The van der Waals surface area contributed by atoms with Gasteiger partial charge in [-0.05, 0) is 59.7 Å². The maximum absolute atomic E-state index is 6.55. The van der Waals surface area contributed by atoms with Crippen LogP contribution in [0.5, 0.6) is 0 Å². The molecule has 0 fully saturated rings. The second-order valence-electron chi connectivity index (χ2n) is 14.4. The van der Waals surface area contributed by atoms with Gasteiger partial charge in [-0.15, -0.1) is 11.3 Å². The smallest absolute Gasteiger partial charge is 0.164 e. The molecule has 8 aromatic carbocycles. The van der Waals surface area contributed by atoms with Gasteiger partial charge in [-0.2, -0.15) is 0 Å². The summed E-state index contributed by atoms with van der Waals surface area (Å²) in [6.07, 6.45) is 0. The summed E-state index contributed by atoms with van der Waals surface area (Å²) in [5.41, 5.74) is 10.2. The Bertz CT molecular complexity index is 3470. The molecule has 0 N–H and O–H groups in total. The first-order chi connectivity index (χ1) is 28.2. The van der Waals surface area contributed by atoms with Crippen LogP contribution in [0.25, 0.3) is 115 Å². The van der Waals surface area contributed by atoms with Crippen molar-refractivity contribution in [3.63, 3.8) is 0 Å². The maximum atomic E-state index is 6.55. The zero-order valence-corrected chi connectivity index (χ0v) is 31.2. The molecule has 0 saturated carbocycles. The van der Waals surface area contributed by atoms with Crippen LogP contribution in [0.15, 0.2) is 186 Å². The second kappa shape index (κ2) is 12.6. The summed E-state index contributed by atoms with van der Waals surface area (Å²) < 4.78 is 11.3. The Kier molecular flexibility index (Phi) is 7.03. The van der Waals surface area contributed by atoms with Gasteiger partial charge in [0.05, 0.1) is 11.0 Å². The minimum Gasteiger partial charge on any atom is -0.456 e. The molecule has 0 saturated heterocycles. The molecule has 57 heavy (non-hydrogen) atoms. The van der Waals surface area contributed by atoms with E-state index in [9.17, 15) is 0 Å². The number of para-hydroxylation sites is 2. The van der Waals surface area contributed by atoms with Crippen LogP contribution in [0.3, 0.4) is 0 Å². The van der Waals surface area contributed by atoms with E-state index in [4.69, 9.17) is 19.4 Å². The molecule has 0 amide bonds. The molecule has 0 aliphatic rings. The number of furan rings is 1. The van der Waals surface area contributed by atoms with Gasteiger partial charge in [-0.3, -0.25) is 0 Å². The molecule has 0 aliphatic heterocycles. The normalized spacial score (nSPS) is 11.9. The molecule has 12 rings (SSSR count). The molecule has 6 heteroatoms. The summed E-state index contributed by atoms with van der Waals surface area (Å²) in [5, 5.41) is 6.76. The van der Waals surface area contributed by atoms with Gasteiger partial charge in [-0.25, -0.2) is 15.0 Å². The molecule has 4 aromatic heterocycles. The number of fused-ring (bicyclic) bond motifs is 9. The Morgan fingerprint density at radius 3 is 1.75 bits per heavy atom. The summed E-state index contributed by atoms with van der Waals surface area (Å²) in [6.45, 7) is 0. The highest BCUT2D eigenvalue weighted by atomic mass is 32.1. The molecule has 0 atom stereocenters. The fourth-order valence-corrected chi connectivity index (χ4v) is 9.67. The highest BCUT2D eigenvalue weighted by molar-refractivity contribution is 7.26. The van der Waals surface area contributed by atoms with Crippen LogP contribution in [-0.2, 0) is 0 Å². The van der Waals surface area contributed by atoms with Gasteiger partial charge < -0.3 is 8.98 Å². The van der Waals surface area contributed by atoms with E-state index in [1.165, 1.54) is 36.7 Å². The topological polar surface area (TPSA) is 56.7 Å². The van der Waals surface area contributed by atoms with E-state index < -0.39 is 0 Å². The SMILES string of the molecule is c1ccc(-c2ccc3c(c2)sc2cccc(-c4nc(-c5ccccc5)nc(-c5cccc6oc7ccc(-n8c9ccccc9c9ccccc98)cc7c56)n4)c23)cc1. The van der Waals surface area contributed by atoms with Crippen molar-refractivity contribution < 1.29 is 4.42 Å². The molecule has 0 spiro atoms. The summed E-state index contributed by atoms with van der Waals surface area (Å²) in [5.74, 6) is 1.85. The fraction of sp³-hybridized carbons (Fsp3) is 0. The molecular formula is C51H30N4OS. The summed E-state index contributed by atoms with van der Waals surface area (Å²) in [6, 6.07) is 63.7. The van der Waals surface area contributed by atoms with E-state index in [0.29, 0.717) is 17.5 Å². The van der Waals surface area contributed by atoms with Crippen molar-refractivity contribution in [2.75, 3.05) is 0 Å². The lowest BCUT2D eigenvalue weighted by Crippen LogP contribution is -2.00. The van der Waals surface area contributed by atoms with Gasteiger partial charge in [0, 0.05) is 64.1 Å². The van der Waals surface area contributed by atoms with Crippen molar-refractivity contribution in [2.24, 2.45) is 0 Å². The van der Waals surface area contributed by atoms with Crippen LogP contribution < -0.4 is 0 Å². The number of hydrogen-bond donors (Lipinski definition) is 0. The minimum atomic E-state index is 0.595. The summed E-state index contributed by atoms with van der Waals surface area (Å²) in [7, 11) is 0. The van der Waals surface area contributed by atoms with Gasteiger partial charge in [0.15, 0.2) is 17.5 Å². The zero-order chi connectivity index (χ0) is 37.5. The van der Waals surface area contributed by atoms with Gasteiger partial charge in [0.2, 0.25) is 0 Å². The van der Waals surface area contributed by atoms with Crippen LogP contribution in [0, 0.1) is 0 Å². The third kappa shape index (κ3) is 5.04. The number of rotatable bonds is 5. The molecular weight excluding hydrogens is 717 g/mol. The highest BCUT2D eigenvalue weighted by Crippen LogP contribution is 2.43. The van der Waals surface area contributed by atoms with Crippen molar-refractivity contribution in [1.29, 1.82) is 0 Å². The molecule has 12 aromatic rings. The molecule has 0 unspecified atom stereocenters. The molecule has 0 radical (unpaired) electrons. The van der Waals surface area contributed by atoms with E-state index in [-0.39, 0.29) is 0 Å². The lowest BCUT2D eigenvalue weighted by molar-refractivity contribution is 0.669. The Hall–Kier alpha value is -7.41. The van der Waals surface area contributed by atoms with Crippen molar-refractivity contribution in [2.45, 2.75) is 0 Å². The first-order valence-corrected chi connectivity index (χ1v) is 19.8. The van der Waals surface area contributed by atoms with Crippen LogP contribution in [0.1, 0.15) is 0 Å². The third-order valence-electron chi connectivity index (χ3n) is 11.1. The van der Waals surface area contributed by atoms with Crippen molar-refractivity contribution in [3.05, 3.63) is 182 Å². The Balaban J connectivity index is 1.08. The quantitative estimate of drug-likeness (QED) is 0.176. The summed E-state index contributed by atoms with van der Waals surface area (Å²) >= 11 is 1.80. The molecule has 0 bridgehead atoms. The van der Waals surface area contributed by atoms with Gasteiger partial charge in [0.25, 0.3) is 0 Å². The number of aromatic nitrogens is 4.